The van der Waals surface area contributed by atoms with E-state index in [0.29, 0.717) is 24.6 Å². The maximum absolute atomic E-state index is 13.1. The van der Waals surface area contributed by atoms with E-state index in [0.717, 1.165) is 23.3 Å². The van der Waals surface area contributed by atoms with Gasteiger partial charge in [-0.1, -0.05) is 44.2 Å². The van der Waals surface area contributed by atoms with Gasteiger partial charge in [-0.15, -0.1) is 11.3 Å². The van der Waals surface area contributed by atoms with Gasteiger partial charge in [-0.2, -0.15) is 5.10 Å². The molecule has 0 radical (unpaired) electrons. The van der Waals surface area contributed by atoms with Crippen molar-refractivity contribution in [3.8, 4) is 11.4 Å². The van der Waals surface area contributed by atoms with Gasteiger partial charge in [0, 0.05) is 24.4 Å². The van der Waals surface area contributed by atoms with Crippen molar-refractivity contribution in [1.82, 2.24) is 24.6 Å². The molecule has 4 rings (SSSR count). The molecule has 2 atom stereocenters. The number of carbonyl (C=O) groups excluding carboxylic acids is 1. The smallest absolute Gasteiger partial charge is 0.300 e. The van der Waals surface area contributed by atoms with E-state index in [4.69, 9.17) is 20.6 Å². The van der Waals surface area contributed by atoms with Crippen molar-refractivity contribution >= 4 is 23.2 Å². The molecule has 9 nitrogen and oxygen atoms in total. The summed E-state index contributed by atoms with van der Waals surface area (Å²) in [7, 11) is 0. The molecule has 3 N–H and O–H groups in total. The normalized spacial score (nSPS) is 16.2. The van der Waals surface area contributed by atoms with Crippen LogP contribution in [0, 0.1) is 5.92 Å². The van der Waals surface area contributed by atoms with Crippen molar-refractivity contribution in [1.29, 1.82) is 0 Å². The number of nitrogens with two attached hydrogens (primary N) is 1. The first-order valence-electron chi connectivity index (χ1n) is 10.4. The summed E-state index contributed by atoms with van der Waals surface area (Å²) in [5, 5.41) is 14.6. The van der Waals surface area contributed by atoms with Gasteiger partial charge in [-0.3, -0.25) is 9.59 Å². The zero-order valence-corrected chi connectivity index (χ0v) is 19.4. The fourth-order valence-electron chi connectivity index (χ4n) is 3.32. The van der Waals surface area contributed by atoms with Crippen LogP contribution >= 0.6 is 11.3 Å². The van der Waals surface area contributed by atoms with E-state index in [-0.39, 0.29) is 23.9 Å². The summed E-state index contributed by atoms with van der Waals surface area (Å²) in [6, 6.07) is 9.56. The molecule has 1 amide bonds. The van der Waals surface area contributed by atoms with Crippen molar-refractivity contribution in [3.63, 3.8) is 0 Å². The fraction of sp³-hybridized carbons (Fsp3) is 0.409. The second-order valence-electron chi connectivity index (χ2n) is 7.92. The van der Waals surface area contributed by atoms with Gasteiger partial charge in [-0.05, 0) is 12.8 Å². The van der Waals surface area contributed by atoms with E-state index >= 15 is 0 Å². The Morgan fingerprint density at radius 2 is 1.84 bits per heavy atom. The summed E-state index contributed by atoms with van der Waals surface area (Å²) in [5.74, 6) is 0.850. The van der Waals surface area contributed by atoms with Crippen molar-refractivity contribution in [2.45, 2.75) is 46.3 Å². The molecule has 0 saturated heterocycles. The minimum Gasteiger partial charge on any atom is -0.481 e. The molecule has 0 unspecified atom stereocenters. The number of amides is 1. The Bertz CT molecular complexity index is 1070. The highest BCUT2D eigenvalue weighted by atomic mass is 32.1. The standard InChI is InChI=1S/C20H24N6OS.C2H4O2/c1-12(2)16(21)19-22-15(11-28-19)20(27)25-9-10-26-18(13(25)3)23-17(24-26)14-7-5-4-6-8-14;1-2(3)4/h4-8,11-13,16H,9-10,21H2,1-3H3;1H3,(H,3,4)/t13-,16-;/m0./s1. The number of carbonyl (C=O) groups is 2. The molecule has 3 heterocycles. The zero-order valence-electron chi connectivity index (χ0n) is 18.6. The Balaban J connectivity index is 0.000000668. The van der Waals surface area contributed by atoms with Crippen LogP contribution < -0.4 is 5.73 Å². The number of benzene rings is 1. The van der Waals surface area contributed by atoms with Gasteiger partial charge >= 0.3 is 0 Å². The third-order valence-electron chi connectivity index (χ3n) is 5.13. The number of hydrogen-bond donors (Lipinski definition) is 2. The monoisotopic (exact) mass is 456 g/mol. The predicted octanol–water partition coefficient (Wildman–Crippen LogP) is 3.37. The molecule has 170 valence electrons. The minimum atomic E-state index is -0.833. The van der Waals surface area contributed by atoms with Gasteiger partial charge in [0.15, 0.2) is 5.82 Å². The lowest BCUT2D eigenvalue weighted by molar-refractivity contribution is -0.134. The van der Waals surface area contributed by atoms with Gasteiger partial charge in [-0.25, -0.2) is 14.6 Å². The Labute approximate surface area is 190 Å². The van der Waals surface area contributed by atoms with E-state index in [2.05, 4.69) is 23.9 Å². The Hall–Kier alpha value is -3.11. The highest BCUT2D eigenvalue weighted by molar-refractivity contribution is 7.09. The summed E-state index contributed by atoms with van der Waals surface area (Å²) < 4.78 is 1.90. The SMILES string of the molecule is CC(=O)O.CC(C)[C@H](N)c1nc(C(=O)N2CCn3nc(-c4ccccc4)nc3[C@@H]2C)cs1. The molecule has 32 heavy (non-hydrogen) atoms. The second-order valence-corrected chi connectivity index (χ2v) is 8.81. The van der Waals surface area contributed by atoms with Crippen LogP contribution in [0.5, 0.6) is 0 Å². The number of aliphatic carboxylic acids is 1. The largest absolute Gasteiger partial charge is 0.481 e. The molecule has 0 spiro atoms. The van der Waals surface area contributed by atoms with E-state index < -0.39 is 5.97 Å². The van der Waals surface area contributed by atoms with Gasteiger partial charge in [0.05, 0.1) is 18.6 Å². The van der Waals surface area contributed by atoms with Crippen LogP contribution in [0.4, 0.5) is 0 Å². The summed E-state index contributed by atoms with van der Waals surface area (Å²) in [6.07, 6.45) is 0. The lowest BCUT2D eigenvalue weighted by atomic mass is 10.1. The number of carboxylic acid groups (broad SMARTS) is 1. The van der Waals surface area contributed by atoms with Crippen molar-refractivity contribution in [2.24, 2.45) is 11.7 Å². The molecule has 0 bridgehead atoms. The second kappa shape index (κ2) is 10.0. The Kier molecular flexibility index (Phi) is 7.37. The zero-order chi connectivity index (χ0) is 23.4. The lowest BCUT2D eigenvalue weighted by Gasteiger charge is -2.32. The molecule has 0 aliphatic carbocycles. The maximum atomic E-state index is 13.1. The maximum Gasteiger partial charge on any atom is 0.300 e. The molecular weight excluding hydrogens is 428 g/mol. The molecule has 3 aromatic rings. The first-order valence-corrected chi connectivity index (χ1v) is 11.3. The van der Waals surface area contributed by atoms with Crippen molar-refractivity contribution in [2.75, 3.05) is 6.54 Å². The summed E-state index contributed by atoms with van der Waals surface area (Å²) in [5.41, 5.74) is 7.61. The molecule has 1 aliphatic rings. The van der Waals surface area contributed by atoms with Crippen LogP contribution in [0.15, 0.2) is 35.7 Å². The number of thiazole rings is 1. The van der Waals surface area contributed by atoms with Crippen molar-refractivity contribution in [3.05, 3.63) is 52.2 Å². The molecule has 0 fully saturated rings. The van der Waals surface area contributed by atoms with E-state index in [1.54, 1.807) is 5.38 Å². The number of rotatable bonds is 4. The third-order valence-corrected chi connectivity index (χ3v) is 6.08. The Morgan fingerprint density at radius 3 is 2.47 bits per heavy atom. The number of fused-ring (bicyclic) bond motifs is 1. The number of hydrogen-bond acceptors (Lipinski definition) is 7. The quantitative estimate of drug-likeness (QED) is 0.616. The molecule has 10 heteroatoms. The first-order chi connectivity index (χ1) is 15.2. The molecule has 1 aliphatic heterocycles. The average molecular weight is 457 g/mol. The topological polar surface area (TPSA) is 127 Å². The number of aromatic nitrogens is 4. The van der Waals surface area contributed by atoms with Crippen LogP contribution in [0.1, 0.15) is 61.1 Å². The third kappa shape index (κ3) is 5.20. The van der Waals surface area contributed by atoms with Gasteiger partial charge in [0.25, 0.3) is 11.9 Å². The van der Waals surface area contributed by atoms with E-state index in [1.165, 1.54) is 11.3 Å². The highest BCUT2D eigenvalue weighted by Gasteiger charge is 2.32. The number of carboxylic acids is 1. The lowest BCUT2D eigenvalue weighted by Crippen LogP contribution is -2.41. The fourth-order valence-corrected chi connectivity index (χ4v) is 4.29. The van der Waals surface area contributed by atoms with Gasteiger partial charge in [0.2, 0.25) is 0 Å². The van der Waals surface area contributed by atoms with Crippen LogP contribution in [0.25, 0.3) is 11.4 Å². The predicted molar refractivity (Wildman–Crippen MR) is 122 cm³/mol. The first kappa shape index (κ1) is 23.6. The summed E-state index contributed by atoms with van der Waals surface area (Å²) in [6.45, 7) is 8.37. The van der Waals surface area contributed by atoms with Gasteiger partial charge < -0.3 is 15.7 Å². The summed E-state index contributed by atoms with van der Waals surface area (Å²) in [4.78, 5) is 33.1. The summed E-state index contributed by atoms with van der Waals surface area (Å²) >= 11 is 1.45. The molecule has 1 aromatic carbocycles. The van der Waals surface area contributed by atoms with E-state index in [1.807, 2.05) is 46.8 Å². The molecular formula is C22H28N6O3S. The molecule has 0 saturated carbocycles. The Morgan fingerprint density at radius 1 is 1.19 bits per heavy atom. The van der Waals surface area contributed by atoms with Gasteiger partial charge in [0.1, 0.15) is 16.5 Å². The molecule has 2 aromatic heterocycles. The average Bonchev–Trinajstić information content (AvgIpc) is 3.41. The number of nitrogens with zero attached hydrogens (tertiary/aromatic N) is 5. The van der Waals surface area contributed by atoms with Crippen LogP contribution in [0.2, 0.25) is 0 Å². The van der Waals surface area contributed by atoms with Crippen LogP contribution in [-0.4, -0.2) is 48.2 Å². The van der Waals surface area contributed by atoms with Crippen LogP contribution in [0.3, 0.4) is 0 Å². The van der Waals surface area contributed by atoms with E-state index in [9.17, 15) is 4.79 Å². The minimum absolute atomic E-state index is 0.0820. The van der Waals surface area contributed by atoms with Crippen molar-refractivity contribution < 1.29 is 14.7 Å². The highest BCUT2D eigenvalue weighted by Crippen LogP contribution is 2.29. The van der Waals surface area contributed by atoms with Crippen LogP contribution in [-0.2, 0) is 11.3 Å².